The summed E-state index contributed by atoms with van der Waals surface area (Å²) in [6, 6.07) is 9.93. The van der Waals surface area contributed by atoms with Crippen LogP contribution in [0, 0.1) is 11.3 Å². The van der Waals surface area contributed by atoms with E-state index in [1.54, 1.807) is 0 Å². The lowest BCUT2D eigenvalue weighted by Crippen LogP contribution is -2.43. The molecule has 0 aromatic heterocycles. The molecule has 2 N–H and O–H groups in total. The molecule has 1 aliphatic heterocycles. The molecule has 1 aromatic carbocycles. The molecule has 2 unspecified atom stereocenters. The summed E-state index contributed by atoms with van der Waals surface area (Å²) < 4.78 is 0. The molecular weight excluding hydrogens is 262 g/mol. The molecule has 0 saturated carbocycles. The first-order chi connectivity index (χ1) is 10.0. The summed E-state index contributed by atoms with van der Waals surface area (Å²) in [4.78, 5) is 2.45. The highest BCUT2D eigenvalue weighted by Gasteiger charge is 2.32. The molecule has 3 nitrogen and oxygen atoms in total. The Kier molecular flexibility index (Phi) is 5.80. The normalized spacial score (nSPS) is 22.2. The largest absolute Gasteiger partial charge is 0.396 e. The van der Waals surface area contributed by atoms with Crippen LogP contribution >= 0.6 is 0 Å². The van der Waals surface area contributed by atoms with Crippen LogP contribution in [0.3, 0.4) is 0 Å². The third-order valence-electron chi connectivity index (χ3n) is 4.63. The maximum absolute atomic E-state index is 10.7. The van der Waals surface area contributed by atoms with Gasteiger partial charge in [-0.05, 0) is 37.3 Å². The second kappa shape index (κ2) is 7.39. The lowest BCUT2D eigenvalue weighted by atomic mass is 9.81. The van der Waals surface area contributed by atoms with Gasteiger partial charge in [-0.2, -0.15) is 0 Å². The average Bonchev–Trinajstić information content (AvgIpc) is 2.47. The van der Waals surface area contributed by atoms with Gasteiger partial charge < -0.3 is 15.1 Å². The minimum atomic E-state index is -0.447. The maximum Gasteiger partial charge on any atom is 0.0853 e. The summed E-state index contributed by atoms with van der Waals surface area (Å²) in [6.07, 6.45) is 2.87. The predicted octanol–water partition coefficient (Wildman–Crippen LogP) is 2.84. The van der Waals surface area contributed by atoms with Crippen molar-refractivity contribution in [1.29, 1.82) is 0 Å². The topological polar surface area (TPSA) is 43.7 Å². The smallest absolute Gasteiger partial charge is 0.0853 e. The van der Waals surface area contributed by atoms with Gasteiger partial charge in [0.05, 0.1) is 6.10 Å². The van der Waals surface area contributed by atoms with E-state index in [2.05, 4.69) is 18.7 Å². The molecule has 0 amide bonds. The molecule has 1 aromatic rings. The number of hydrogen-bond donors (Lipinski definition) is 2. The van der Waals surface area contributed by atoms with E-state index in [1.165, 1.54) is 12.8 Å². The Morgan fingerprint density at radius 2 is 2.00 bits per heavy atom. The number of aliphatic hydroxyl groups is 2. The van der Waals surface area contributed by atoms with E-state index in [9.17, 15) is 5.11 Å². The molecule has 0 radical (unpaired) electrons. The van der Waals surface area contributed by atoms with Gasteiger partial charge in [-0.15, -0.1) is 0 Å². The Morgan fingerprint density at radius 1 is 1.29 bits per heavy atom. The zero-order chi connectivity index (χ0) is 15.3. The van der Waals surface area contributed by atoms with Crippen molar-refractivity contribution in [2.45, 2.75) is 39.2 Å². The summed E-state index contributed by atoms with van der Waals surface area (Å²) in [5.74, 6) is 0.605. The van der Waals surface area contributed by atoms with Crippen molar-refractivity contribution >= 4 is 0 Å². The Hall–Kier alpha value is -0.900. The van der Waals surface area contributed by atoms with Gasteiger partial charge in [0.25, 0.3) is 0 Å². The molecule has 3 heteroatoms. The predicted molar refractivity (Wildman–Crippen MR) is 86.0 cm³/mol. The van der Waals surface area contributed by atoms with Gasteiger partial charge >= 0.3 is 0 Å². The molecule has 118 valence electrons. The Balaban J connectivity index is 1.96. The van der Waals surface area contributed by atoms with Crippen molar-refractivity contribution in [3.8, 4) is 0 Å². The third kappa shape index (κ3) is 4.53. The van der Waals surface area contributed by atoms with Crippen LogP contribution in [0.25, 0.3) is 0 Å². The second-order valence-electron chi connectivity index (χ2n) is 7.06. The Bertz CT molecular complexity index is 416. The minimum absolute atomic E-state index is 0.178. The van der Waals surface area contributed by atoms with Crippen molar-refractivity contribution in [1.82, 2.24) is 4.90 Å². The van der Waals surface area contributed by atoms with Crippen molar-refractivity contribution in [2.24, 2.45) is 11.3 Å². The molecule has 1 aliphatic rings. The molecular formula is C18H29NO2. The van der Waals surface area contributed by atoms with Gasteiger partial charge in [-0.3, -0.25) is 0 Å². The molecule has 21 heavy (non-hydrogen) atoms. The van der Waals surface area contributed by atoms with Crippen molar-refractivity contribution in [2.75, 3.05) is 26.2 Å². The number of benzene rings is 1. The number of rotatable bonds is 6. The molecule has 0 bridgehead atoms. The van der Waals surface area contributed by atoms with Gasteiger partial charge in [0.15, 0.2) is 0 Å². The number of piperidine rings is 1. The maximum atomic E-state index is 10.7. The number of hydrogen-bond acceptors (Lipinski definition) is 3. The van der Waals surface area contributed by atoms with E-state index in [1.807, 2.05) is 30.3 Å². The molecule has 0 aliphatic carbocycles. The van der Waals surface area contributed by atoms with Gasteiger partial charge in [0.1, 0.15) is 0 Å². The summed E-state index contributed by atoms with van der Waals surface area (Å²) in [7, 11) is 0. The van der Waals surface area contributed by atoms with E-state index in [4.69, 9.17) is 5.11 Å². The third-order valence-corrected chi connectivity index (χ3v) is 4.63. The van der Waals surface area contributed by atoms with Crippen LogP contribution in [0.15, 0.2) is 30.3 Å². The van der Waals surface area contributed by atoms with Crippen LogP contribution < -0.4 is 0 Å². The van der Waals surface area contributed by atoms with Crippen molar-refractivity contribution in [3.63, 3.8) is 0 Å². The fraction of sp³-hybridized carbons (Fsp3) is 0.667. The van der Waals surface area contributed by atoms with E-state index < -0.39 is 6.10 Å². The summed E-state index contributed by atoms with van der Waals surface area (Å²) in [6.45, 7) is 7.61. The SMILES string of the molecule is CC(C)(CN1CCCC(CCO)C1)C(O)c1ccccc1. The Morgan fingerprint density at radius 3 is 2.67 bits per heavy atom. The van der Waals surface area contributed by atoms with Crippen LogP contribution in [0.4, 0.5) is 0 Å². The zero-order valence-corrected chi connectivity index (χ0v) is 13.3. The van der Waals surface area contributed by atoms with Crippen LogP contribution in [0.2, 0.25) is 0 Å². The van der Waals surface area contributed by atoms with Crippen LogP contribution in [0.1, 0.15) is 44.8 Å². The average molecular weight is 291 g/mol. The number of aliphatic hydroxyl groups excluding tert-OH is 2. The monoisotopic (exact) mass is 291 g/mol. The highest BCUT2D eigenvalue weighted by atomic mass is 16.3. The first-order valence-corrected chi connectivity index (χ1v) is 8.09. The summed E-state index contributed by atoms with van der Waals surface area (Å²) >= 11 is 0. The summed E-state index contributed by atoms with van der Waals surface area (Å²) in [5.41, 5.74) is 0.814. The van der Waals surface area contributed by atoms with Crippen molar-refractivity contribution in [3.05, 3.63) is 35.9 Å². The molecule has 1 fully saturated rings. The Labute approximate surface area is 128 Å². The lowest BCUT2D eigenvalue weighted by molar-refractivity contribution is 0.00824. The highest BCUT2D eigenvalue weighted by molar-refractivity contribution is 5.19. The van der Waals surface area contributed by atoms with E-state index in [-0.39, 0.29) is 12.0 Å². The van der Waals surface area contributed by atoms with Crippen LogP contribution in [-0.2, 0) is 0 Å². The minimum Gasteiger partial charge on any atom is -0.396 e. The van der Waals surface area contributed by atoms with E-state index in [0.717, 1.165) is 31.6 Å². The molecule has 2 rings (SSSR count). The van der Waals surface area contributed by atoms with Gasteiger partial charge in [-0.1, -0.05) is 44.2 Å². The van der Waals surface area contributed by atoms with Crippen LogP contribution in [-0.4, -0.2) is 41.4 Å². The fourth-order valence-electron chi connectivity index (χ4n) is 3.46. The first-order valence-electron chi connectivity index (χ1n) is 8.09. The standard InChI is InChI=1S/C18H29NO2/c1-18(2,17(21)16-8-4-3-5-9-16)14-19-11-6-7-15(13-19)10-12-20/h3-5,8-9,15,17,20-21H,6-7,10-14H2,1-2H3. The lowest BCUT2D eigenvalue weighted by Gasteiger charge is -2.40. The van der Waals surface area contributed by atoms with Gasteiger partial charge in [0, 0.05) is 25.1 Å². The molecule has 1 heterocycles. The highest BCUT2D eigenvalue weighted by Crippen LogP contribution is 2.35. The van der Waals surface area contributed by atoms with E-state index in [0.29, 0.717) is 5.92 Å². The molecule has 2 atom stereocenters. The number of nitrogens with zero attached hydrogens (tertiary/aromatic N) is 1. The first kappa shape index (κ1) is 16.5. The second-order valence-corrected chi connectivity index (χ2v) is 7.06. The van der Waals surface area contributed by atoms with Gasteiger partial charge in [0.2, 0.25) is 0 Å². The van der Waals surface area contributed by atoms with Crippen molar-refractivity contribution < 1.29 is 10.2 Å². The fourth-order valence-corrected chi connectivity index (χ4v) is 3.46. The zero-order valence-electron chi connectivity index (χ0n) is 13.3. The van der Waals surface area contributed by atoms with Gasteiger partial charge in [-0.25, -0.2) is 0 Å². The molecule has 0 spiro atoms. The molecule has 1 saturated heterocycles. The quantitative estimate of drug-likeness (QED) is 0.847. The van der Waals surface area contributed by atoms with Crippen LogP contribution in [0.5, 0.6) is 0 Å². The van der Waals surface area contributed by atoms with E-state index >= 15 is 0 Å². The summed E-state index contributed by atoms with van der Waals surface area (Å²) in [5, 5.41) is 19.8. The number of likely N-dealkylation sites (tertiary alicyclic amines) is 1.